The lowest BCUT2D eigenvalue weighted by Crippen LogP contribution is -2.59. The molecule has 3 amide bonds. The second-order valence-electron chi connectivity index (χ2n) is 18.2. The molecule has 3 atom stereocenters. The van der Waals surface area contributed by atoms with E-state index in [1.807, 2.05) is 72.6 Å². The number of urea groups is 1. The number of fused-ring (bicyclic) bond motifs is 16. The molecule has 4 aromatic rings. The number of nitrogens with one attached hydrogen (secondary N) is 1. The molecular formula is C48H62N8O7. The summed E-state index contributed by atoms with van der Waals surface area (Å²) in [6.45, 7) is 11.0. The van der Waals surface area contributed by atoms with E-state index < -0.39 is 23.8 Å². The van der Waals surface area contributed by atoms with Crippen LogP contribution in [0.2, 0.25) is 0 Å². The van der Waals surface area contributed by atoms with Crippen molar-refractivity contribution in [2.75, 3.05) is 59.4 Å². The number of hydrogen-bond acceptors (Lipinski definition) is 10. The Morgan fingerprint density at radius 3 is 2.14 bits per heavy atom. The van der Waals surface area contributed by atoms with Crippen LogP contribution < -0.4 is 10.9 Å². The van der Waals surface area contributed by atoms with Crippen LogP contribution in [0.4, 0.5) is 4.79 Å². The number of piperazine rings is 1. The summed E-state index contributed by atoms with van der Waals surface area (Å²) >= 11 is 0. The number of nitrogens with zero attached hydrogens (tertiary/aromatic N) is 7. The average molecular weight is 863 g/mol. The van der Waals surface area contributed by atoms with E-state index in [-0.39, 0.29) is 49.3 Å². The van der Waals surface area contributed by atoms with Crippen molar-refractivity contribution < 1.29 is 28.7 Å². The summed E-state index contributed by atoms with van der Waals surface area (Å²) in [4.78, 5) is 77.6. The Kier molecular flexibility index (Phi) is 13.6. The fourth-order valence-electron chi connectivity index (χ4n) is 9.68. The standard InChI is InChI=1S/C48H62N8O7/c1-32-9-5-6-10-33(2)47(60)63-31-56-42-12-8-7-11-37(42)28-40(44(56)57)36-13-19-54(20-14-36)48(61)49-41(45(58)53-23-21-52(22-24-53)39-15-17-51(4)18-16-39)27-35-25-34(3)43-38(26-35)29-55(50-43)30-62-46(32)59/h5-8,11-12,25-26,28-29,32-33,36,39,41H,9-10,13-24,27,30-31H2,1-4H3,(H,49,61)/b6-5-/t32?,33?,41-/m0/s1. The second-order valence-corrected chi connectivity index (χ2v) is 18.2. The number of aryl methyl sites for hydroxylation is 1. The van der Waals surface area contributed by atoms with E-state index in [9.17, 15) is 24.0 Å². The van der Waals surface area contributed by atoms with E-state index in [0.29, 0.717) is 69.0 Å². The molecule has 5 aliphatic heterocycles. The Hall–Kier alpha value is -5.54. The lowest BCUT2D eigenvalue weighted by atomic mass is 9.89. The number of esters is 2. The number of ether oxygens (including phenoxy) is 2. The quantitative estimate of drug-likeness (QED) is 0.215. The van der Waals surface area contributed by atoms with Gasteiger partial charge in [0.05, 0.1) is 22.9 Å². The molecule has 0 spiro atoms. The number of allylic oxidation sites excluding steroid dienone is 2. The molecule has 9 rings (SSSR count). The van der Waals surface area contributed by atoms with Gasteiger partial charge in [0, 0.05) is 68.9 Å². The minimum Gasteiger partial charge on any atom is -0.444 e. The first-order valence-corrected chi connectivity index (χ1v) is 22.8. The van der Waals surface area contributed by atoms with Crippen LogP contribution in [-0.2, 0) is 43.7 Å². The predicted molar refractivity (Wildman–Crippen MR) is 240 cm³/mol. The van der Waals surface area contributed by atoms with Crippen LogP contribution in [0.25, 0.3) is 21.8 Å². The molecule has 7 heterocycles. The van der Waals surface area contributed by atoms with E-state index in [1.54, 1.807) is 23.4 Å². The molecule has 336 valence electrons. The fraction of sp³-hybridized carbons (Fsp3) is 0.542. The maximum atomic E-state index is 14.5. The first-order chi connectivity index (χ1) is 30.4. The number of para-hydroxylation sites is 1. The van der Waals surface area contributed by atoms with Crippen molar-refractivity contribution in [2.24, 2.45) is 11.8 Å². The first kappa shape index (κ1) is 44.1. The molecule has 0 aliphatic carbocycles. The molecule has 5 aliphatic rings. The maximum Gasteiger partial charge on any atom is 0.318 e. The monoisotopic (exact) mass is 862 g/mol. The van der Waals surface area contributed by atoms with Gasteiger partial charge in [0.1, 0.15) is 6.04 Å². The molecule has 0 saturated carbocycles. The van der Waals surface area contributed by atoms with Gasteiger partial charge < -0.3 is 29.5 Å². The van der Waals surface area contributed by atoms with Crippen LogP contribution in [0.3, 0.4) is 0 Å². The Labute approximate surface area is 368 Å². The predicted octanol–water partition coefficient (Wildman–Crippen LogP) is 5.02. The van der Waals surface area contributed by atoms with Crippen molar-refractivity contribution in [1.82, 2.24) is 39.3 Å². The number of carbonyl (C=O) groups excluding carboxylic acids is 4. The Morgan fingerprint density at radius 2 is 1.44 bits per heavy atom. The minimum absolute atomic E-state index is 0.0576. The topological polar surface area (TPSA) is 152 Å². The molecule has 3 saturated heterocycles. The number of aromatic nitrogens is 3. The average Bonchev–Trinajstić information content (AvgIpc) is 3.72. The molecule has 0 radical (unpaired) electrons. The number of pyridine rings is 1. The zero-order chi connectivity index (χ0) is 44.2. The molecular weight excluding hydrogens is 801 g/mol. The van der Waals surface area contributed by atoms with Gasteiger partial charge in [-0.3, -0.25) is 28.6 Å². The highest BCUT2D eigenvalue weighted by Gasteiger charge is 2.34. The van der Waals surface area contributed by atoms with Crippen molar-refractivity contribution in [3.05, 3.63) is 87.9 Å². The van der Waals surface area contributed by atoms with Crippen LogP contribution in [0.1, 0.15) is 75.0 Å². The number of amides is 3. The number of piperidine rings is 2. The molecule has 2 unspecified atom stereocenters. The number of benzene rings is 2. The highest BCUT2D eigenvalue weighted by atomic mass is 16.5. The molecule has 1 N–H and O–H groups in total. The number of hydrogen-bond donors (Lipinski definition) is 1. The van der Waals surface area contributed by atoms with Gasteiger partial charge in [-0.1, -0.05) is 50.3 Å². The molecule has 2 aromatic heterocycles. The smallest absolute Gasteiger partial charge is 0.318 e. The summed E-state index contributed by atoms with van der Waals surface area (Å²) in [5, 5.41) is 9.57. The molecule has 7 bridgehead atoms. The molecule has 15 heteroatoms. The maximum absolute atomic E-state index is 14.5. The van der Waals surface area contributed by atoms with Gasteiger partial charge in [-0.15, -0.1) is 0 Å². The van der Waals surface area contributed by atoms with Crippen molar-refractivity contribution in [3.8, 4) is 0 Å². The van der Waals surface area contributed by atoms with Gasteiger partial charge in [0.2, 0.25) is 5.91 Å². The number of rotatable bonds is 2. The van der Waals surface area contributed by atoms with Crippen molar-refractivity contribution in [3.63, 3.8) is 0 Å². The second kappa shape index (κ2) is 19.5. The third-order valence-electron chi connectivity index (χ3n) is 13.7. The largest absolute Gasteiger partial charge is 0.444 e. The highest BCUT2D eigenvalue weighted by Crippen LogP contribution is 2.29. The van der Waals surface area contributed by atoms with Crippen LogP contribution in [0.15, 0.2) is 65.6 Å². The Morgan fingerprint density at radius 1 is 0.778 bits per heavy atom. The van der Waals surface area contributed by atoms with Crippen LogP contribution in [0.5, 0.6) is 0 Å². The SMILES string of the molecule is Cc1cc2cc3cn(nc13)COC(=O)C(C)C/C=C\CC(C)C(=O)OCn1c(=O)c(cc3ccccc31)C1CCN(CC1)C(=O)N[C@H](C(=O)N1CCN(C3CCN(C)CC3)CC1)C2. The summed E-state index contributed by atoms with van der Waals surface area (Å²) in [6, 6.07) is 12.9. The number of likely N-dealkylation sites (tertiary alicyclic amines) is 1. The summed E-state index contributed by atoms with van der Waals surface area (Å²) in [5.74, 6) is -1.90. The Balaban J connectivity index is 1.05. The van der Waals surface area contributed by atoms with Crippen molar-refractivity contribution >= 4 is 45.7 Å². The summed E-state index contributed by atoms with van der Waals surface area (Å²) in [5.41, 5.74) is 3.64. The zero-order valence-electron chi connectivity index (χ0n) is 37.2. The van der Waals surface area contributed by atoms with Crippen LogP contribution in [-0.4, -0.2) is 129 Å². The van der Waals surface area contributed by atoms with E-state index in [1.165, 1.54) is 4.57 Å². The van der Waals surface area contributed by atoms with E-state index >= 15 is 0 Å². The summed E-state index contributed by atoms with van der Waals surface area (Å²) < 4.78 is 14.5. The Bertz CT molecular complexity index is 2400. The summed E-state index contributed by atoms with van der Waals surface area (Å²) in [7, 11) is 2.17. The summed E-state index contributed by atoms with van der Waals surface area (Å²) in [6.07, 6.45) is 10.1. The van der Waals surface area contributed by atoms with Gasteiger partial charge in [-0.2, -0.15) is 5.10 Å². The van der Waals surface area contributed by atoms with Gasteiger partial charge in [0.25, 0.3) is 5.56 Å². The van der Waals surface area contributed by atoms with E-state index in [4.69, 9.17) is 14.6 Å². The van der Waals surface area contributed by atoms with Crippen molar-refractivity contribution in [2.45, 2.75) is 97.2 Å². The van der Waals surface area contributed by atoms with E-state index in [2.05, 4.69) is 22.2 Å². The van der Waals surface area contributed by atoms with Gasteiger partial charge in [0.15, 0.2) is 13.5 Å². The van der Waals surface area contributed by atoms with Crippen LogP contribution >= 0.6 is 0 Å². The normalized spacial score (nSPS) is 25.2. The first-order valence-electron chi connectivity index (χ1n) is 22.8. The molecule has 3 fully saturated rings. The lowest BCUT2D eigenvalue weighted by molar-refractivity contribution is -0.152. The molecule has 2 aromatic carbocycles. The zero-order valence-corrected chi connectivity index (χ0v) is 37.2. The van der Waals surface area contributed by atoms with Crippen LogP contribution in [0, 0.1) is 18.8 Å². The third-order valence-corrected chi connectivity index (χ3v) is 13.7. The molecule has 15 nitrogen and oxygen atoms in total. The number of carbonyl (C=O) groups is 4. The van der Waals surface area contributed by atoms with Crippen molar-refractivity contribution in [1.29, 1.82) is 0 Å². The highest BCUT2D eigenvalue weighted by molar-refractivity contribution is 5.88. The van der Waals surface area contributed by atoms with Gasteiger partial charge in [-0.25, -0.2) is 9.48 Å². The lowest BCUT2D eigenvalue weighted by Gasteiger charge is -2.43. The van der Waals surface area contributed by atoms with E-state index in [0.717, 1.165) is 66.4 Å². The minimum atomic E-state index is -0.807. The fourth-order valence-corrected chi connectivity index (χ4v) is 9.68. The van der Waals surface area contributed by atoms with Gasteiger partial charge in [-0.05, 0) is 106 Å². The third kappa shape index (κ3) is 10.1. The van der Waals surface area contributed by atoms with Gasteiger partial charge >= 0.3 is 18.0 Å². The molecule has 63 heavy (non-hydrogen) atoms.